The van der Waals surface area contributed by atoms with Crippen molar-refractivity contribution in [2.75, 3.05) is 6.54 Å². The third-order valence-corrected chi connectivity index (χ3v) is 3.39. The molecule has 0 aliphatic carbocycles. The first kappa shape index (κ1) is 14.1. The van der Waals surface area contributed by atoms with E-state index in [-0.39, 0.29) is 11.2 Å². The first-order valence-electron chi connectivity index (χ1n) is 5.83. The van der Waals surface area contributed by atoms with Gasteiger partial charge in [0.15, 0.2) is 0 Å². The molecule has 4 heteroatoms. The van der Waals surface area contributed by atoms with E-state index in [4.69, 9.17) is 4.84 Å². The fourth-order valence-corrected chi connectivity index (χ4v) is 1.99. The molecule has 0 fully saturated rings. The van der Waals surface area contributed by atoms with Gasteiger partial charge in [-0.25, -0.2) is 4.79 Å². The Bertz CT molecular complexity index is 329. The van der Waals surface area contributed by atoms with E-state index in [0.29, 0.717) is 6.54 Å². The van der Waals surface area contributed by atoms with Gasteiger partial charge in [-0.15, -0.1) is 11.8 Å². The summed E-state index contributed by atoms with van der Waals surface area (Å²) in [5.74, 6) is 0.615. The van der Waals surface area contributed by atoms with E-state index in [1.165, 1.54) is 5.56 Å². The van der Waals surface area contributed by atoms with Crippen molar-refractivity contribution in [3.63, 3.8) is 0 Å². The lowest BCUT2D eigenvalue weighted by Crippen LogP contribution is -2.26. The van der Waals surface area contributed by atoms with Crippen molar-refractivity contribution >= 4 is 17.7 Å². The van der Waals surface area contributed by atoms with Gasteiger partial charge in [0.1, 0.15) is 5.25 Å². The molecule has 1 unspecified atom stereocenters. The summed E-state index contributed by atoms with van der Waals surface area (Å²) >= 11 is 1.58. The Morgan fingerprint density at radius 3 is 2.76 bits per heavy atom. The van der Waals surface area contributed by atoms with Crippen LogP contribution in [-0.2, 0) is 15.4 Å². The van der Waals surface area contributed by atoms with Gasteiger partial charge in [-0.3, -0.25) is 0 Å². The lowest BCUT2D eigenvalue weighted by Gasteiger charge is -2.10. The van der Waals surface area contributed by atoms with E-state index >= 15 is 0 Å². The predicted molar refractivity (Wildman–Crippen MR) is 71.6 cm³/mol. The van der Waals surface area contributed by atoms with Gasteiger partial charge >= 0.3 is 5.97 Å². The lowest BCUT2D eigenvalue weighted by atomic mass is 10.2. The molecule has 0 aliphatic heterocycles. The van der Waals surface area contributed by atoms with Gasteiger partial charge in [0.05, 0.1) is 0 Å². The van der Waals surface area contributed by atoms with Crippen LogP contribution in [0, 0.1) is 0 Å². The second kappa shape index (κ2) is 8.14. The minimum Gasteiger partial charge on any atom is -0.370 e. The lowest BCUT2D eigenvalue weighted by molar-refractivity contribution is -0.150. The number of nitrogens with one attached hydrogen (secondary N) is 1. The minimum atomic E-state index is -0.209. The van der Waals surface area contributed by atoms with E-state index in [0.717, 1.165) is 12.2 Å². The maximum absolute atomic E-state index is 11.5. The summed E-state index contributed by atoms with van der Waals surface area (Å²) in [7, 11) is 0. The minimum absolute atomic E-state index is 0.153. The third-order valence-electron chi connectivity index (χ3n) is 2.20. The monoisotopic (exact) mass is 253 g/mol. The average molecular weight is 253 g/mol. The molecule has 0 bridgehead atoms. The van der Waals surface area contributed by atoms with E-state index in [2.05, 4.69) is 17.6 Å². The van der Waals surface area contributed by atoms with Crippen molar-refractivity contribution in [2.24, 2.45) is 0 Å². The van der Waals surface area contributed by atoms with Crippen molar-refractivity contribution in [1.29, 1.82) is 0 Å². The van der Waals surface area contributed by atoms with Crippen molar-refractivity contribution in [3.8, 4) is 0 Å². The molecule has 0 spiro atoms. The summed E-state index contributed by atoms with van der Waals surface area (Å²) < 4.78 is 0. The topological polar surface area (TPSA) is 38.3 Å². The standard InChI is InChI=1S/C13H19NO2S/c1-3-9-14-16-13(15)11(2)17-10-12-7-5-4-6-8-12/h4-8,11,14H,3,9-10H2,1-2H3. The first-order valence-corrected chi connectivity index (χ1v) is 6.88. The maximum atomic E-state index is 11.5. The first-order chi connectivity index (χ1) is 8.24. The van der Waals surface area contributed by atoms with Crippen LogP contribution in [0.2, 0.25) is 0 Å². The largest absolute Gasteiger partial charge is 0.370 e. The molecule has 0 aromatic heterocycles. The molecular formula is C13H19NO2S. The van der Waals surface area contributed by atoms with Crippen molar-refractivity contribution < 1.29 is 9.63 Å². The Morgan fingerprint density at radius 2 is 2.12 bits per heavy atom. The summed E-state index contributed by atoms with van der Waals surface area (Å²) in [5.41, 5.74) is 3.87. The Kier molecular flexibility index (Phi) is 6.74. The van der Waals surface area contributed by atoms with Crippen LogP contribution in [0.5, 0.6) is 0 Å². The van der Waals surface area contributed by atoms with Crippen molar-refractivity contribution in [2.45, 2.75) is 31.3 Å². The molecule has 0 amide bonds. The molecular weight excluding hydrogens is 234 g/mol. The van der Waals surface area contributed by atoms with Crippen LogP contribution in [0.25, 0.3) is 0 Å². The van der Waals surface area contributed by atoms with Gasteiger partial charge in [-0.05, 0) is 18.9 Å². The Morgan fingerprint density at radius 1 is 1.41 bits per heavy atom. The van der Waals surface area contributed by atoms with E-state index in [1.807, 2.05) is 32.0 Å². The zero-order valence-corrected chi connectivity index (χ0v) is 11.1. The number of rotatable bonds is 7. The van der Waals surface area contributed by atoms with Gasteiger partial charge in [0.25, 0.3) is 0 Å². The quantitative estimate of drug-likeness (QED) is 0.599. The molecule has 1 aromatic carbocycles. The highest BCUT2D eigenvalue weighted by molar-refractivity contribution is 7.99. The number of carbonyl (C=O) groups is 1. The molecule has 1 atom stereocenters. The maximum Gasteiger partial charge on any atom is 0.337 e. The fraction of sp³-hybridized carbons (Fsp3) is 0.462. The predicted octanol–water partition coefficient (Wildman–Crippen LogP) is 2.77. The van der Waals surface area contributed by atoms with E-state index < -0.39 is 0 Å². The van der Waals surface area contributed by atoms with Crippen molar-refractivity contribution in [3.05, 3.63) is 35.9 Å². The Labute approximate surface area is 107 Å². The molecule has 1 aromatic rings. The molecule has 17 heavy (non-hydrogen) atoms. The molecule has 0 aliphatic rings. The smallest absolute Gasteiger partial charge is 0.337 e. The molecule has 0 saturated carbocycles. The highest BCUT2D eigenvalue weighted by Gasteiger charge is 2.14. The second-order valence-corrected chi connectivity index (χ2v) is 5.08. The van der Waals surface area contributed by atoms with Crippen LogP contribution >= 0.6 is 11.8 Å². The molecule has 1 N–H and O–H groups in total. The summed E-state index contributed by atoms with van der Waals surface area (Å²) in [6.07, 6.45) is 0.943. The summed E-state index contributed by atoms with van der Waals surface area (Å²) in [6.45, 7) is 4.58. The zero-order valence-electron chi connectivity index (χ0n) is 10.3. The zero-order chi connectivity index (χ0) is 12.5. The van der Waals surface area contributed by atoms with Gasteiger partial charge in [0, 0.05) is 12.3 Å². The van der Waals surface area contributed by atoms with Crippen LogP contribution in [0.15, 0.2) is 30.3 Å². The Hall–Kier alpha value is -1.00. The van der Waals surface area contributed by atoms with Crippen LogP contribution in [0.3, 0.4) is 0 Å². The summed E-state index contributed by atoms with van der Waals surface area (Å²) in [5, 5.41) is -0.153. The molecule has 0 saturated heterocycles. The highest BCUT2D eigenvalue weighted by atomic mass is 32.2. The number of hydroxylamine groups is 1. The van der Waals surface area contributed by atoms with Gasteiger partial charge < -0.3 is 4.84 Å². The number of hydrogen-bond acceptors (Lipinski definition) is 4. The molecule has 3 nitrogen and oxygen atoms in total. The molecule has 94 valence electrons. The van der Waals surface area contributed by atoms with Crippen LogP contribution in [0.1, 0.15) is 25.8 Å². The van der Waals surface area contributed by atoms with E-state index in [1.54, 1.807) is 11.8 Å². The molecule has 0 radical (unpaired) electrons. The Balaban J connectivity index is 2.24. The number of thioether (sulfide) groups is 1. The van der Waals surface area contributed by atoms with Crippen LogP contribution < -0.4 is 5.48 Å². The SMILES string of the molecule is CCCNOC(=O)C(C)SCc1ccccc1. The number of carbonyl (C=O) groups excluding carboxylic acids is 1. The highest BCUT2D eigenvalue weighted by Crippen LogP contribution is 2.18. The average Bonchev–Trinajstić information content (AvgIpc) is 2.37. The van der Waals surface area contributed by atoms with Crippen molar-refractivity contribution in [1.82, 2.24) is 5.48 Å². The van der Waals surface area contributed by atoms with Gasteiger partial charge in [-0.1, -0.05) is 37.3 Å². The van der Waals surface area contributed by atoms with Gasteiger partial charge in [-0.2, -0.15) is 5.48 Å². The number of hydrogen-bond donors (Lipinski definition) is 1. The van der Waals surface area contributed by atoms with Gasteiger partial charge in [0.2, 0.25) is 0 Å². The second-order valence-electron chi connectivity index (χ2n) is 3.75. The van der Waals surface area contributed by atoms with Crippen LogP contribution in [-0.4, -0.2) is 17.8 Å². The molecule has 0 heterocycles. The van der Waals surface area contributed by atoms with Crippen LogP contribution in [0.4, 0.5) is 0 Å². The molecule has 1 rings (SSSR count). The summed E-state index contributed by atoms with van der Waals surface area (Å²) in [4.78, 5) is 16.5. The van der Waals surface area contributed by atoms with E-state index in [9.17, 15) is 4.79 Å². The third kappa shape index (κ3) is 5.75. The fourth-order valence-electron chi connectivity index (χ4n) is 1.17. The number of benzene rings is 1. The normalized spacial score (nSPS) is 12.1. The summed E-state index contributed by atoms with van der Waals surface area (Å²) in [6, 6.07) is 10.1.